The zero-order valence-corrected chi connectivity index (χ0v) is 6.48. The van der Waals surface area contributed by atoms with Crippen LogP contribution in [0.5, 0.6) is 0 Å². The lowest BCUT2D eigenvalue weighted by Crippen LogP contribution is -1.98. The fraction of sp³-hybridized carbons (Fsp3) is 0. The maximum atomic E-state index is 8.62. The number of aliphatic hydroxyl groups excluding tert-OH is 1. The van der Waals surface area contributed by atoms with Gasteiger partial charge in [-0.1, -0.05) is 29.1 Å². The third-order valence-electron chi connectivity index (χ3n) is 0.645. The Morgan fingerprint density at radius 1 is 1.56 bits per heavy atom. The van der Waals surface area contributed by atoms with Gasteiger partial charge in [-0.3, -0.25) is 0 Å². The van der Waals surface area contributed by atoms with Gasteiger partial charge in [0.2, 0.25) is 0 Å². The summed E-state index contributed by atoms with van der Waals surface area (Å²) < 4.78 is 0.607. The van der Waals surface area contributed by atoms with Crippen LogP contribution in [0.4, 0.5) is 0 Å². The van der Waals surface area contributed by atoms with Crippen LogP contribution in [-0.4, -0.2) is 5.11 Å². The second-order valence-electron chi connectivity index (χ2n) is 1.49. The number of halogens is 1. The molecule has 0 amide bonds. The van der Waals surface area contributed by atoms with Crippen LogP contribution in [0.3, 0.4) is 0 Å². The summed E-state index contributed by atoms with van der Waals surface area (Å²) in [5.41, 5.74) is 5.46. The average Bonchev–Trinajstić information content (AvgIpc) is 1.63. The molecule has 0 saturated heterocycles. The van der Waals surface area contributed by atoms with Gasteiger partial charge in [0.05, 0.1) is 5.70 Å². The van der Waals surface area contributed by atoms with Crippen molar-refractivity contribution >= 4 is 15.9 Å². The molecule has 0 aromatic heterocycles. The van der Waals surface area contributed by atoms with E-state index < -0.39 is 0 Å². The van der Waals surface area contributed by atoms with E-state index in [9.17, 15) is 0 Å². The Bertz CT molecular complexity index is 172. The minimum Gasteiger partial charge on any atom is -0.506 e. The minimum absolute atomic E-state index is 0.143. The van der Waals surface area contributed by atoms with Crippen molar-refractivity contribution in [1.82, 2.24) is 0 Å². The van der Waals surface area contributed by atoms with Gasteiger partial charge in [0.15, 0.2) is 0 Å². The molecular weight excluding hydrogens is 182 g/mol. The highest BCUT2D eigenvalue weighted by Gasteiger charge is 1.91. The maximum absolute atomic E-state index is 8.62. The maximum Gasteiger partial charge on any atom is 0.131 e. The summed E-state index contributed by atoms with van der Waals surface area (Å²) in [7, 11) is 0. The molecule has 3 N–H and O–H groups in total. The third-order valence-corrected chi connectivity index (χ3v) is 0.874. The Morgan fingerprint density at radius 3 is 2.11 bits per heavy atom. The molecule has 0 aromatic rings. The van der Waals surface area contributed by atoms with Crippen molar-refractivity contribution in [1.29, 1.82) is 0 Å². The van der Waals surface area contributed by atoms with Crippen molar-refractivity contribution in [3.8, 4) is 0 Å². The molecule has 0 aliphatic carbocycles. The molecular formula is C6H8BrNO. The summed E-state index contributed by atoms with van der Waals surface area (Å²) in [6, 6.07) is 0. The van der Waals surface area contributed by atoms with E-state index in [2.05, 4.69) is 29.1 Å². The van der Waals surface area contributed by atoms with Gasteiger partial charge in [-0.15, -0.1) is 0 Å². The Kier molecular flexibility index (Phi) is 3.09. The van der Waals surface area contributed by atoms with E-state index in [-0.39, 0.29) is 11.5 Å². The summed E-state index contributed by atoms with van der Waals surface area (Å²) >= 11 is 3.04. The first-order valence-corrected chi connectivity index (χ1v) is 3.03. The van der Waals surface area contributed by atoms with Crippen LogP contribution in [0.1, 0.15) is 0 Å². The summed E-state index contributed by atoms with van der Waals surface area (Å²) in [6.45, 7) is 6.69. The standard InChI is InChI=1S/C6H8BrNO/c1-4(7)3-6(8)5(2)9/h3,9H,1-2,8H2/b6-3+. The van der Waals surface area contributed by atoms with Crippen LogP contribution in [0, 0.1) is 0 Å². The lowest BCUT2D eigenvalue weighted by atomic mass is 10.4. The lowest BCUT2D eigenvalue weighted by Gasteiger charge is -1.94. The smallest absolute Gasteiger partial charge is 0.131 e. The van der Waals surface area contributed by atoms with Crippen LogP contribution in [0.2, 0.25) is 0 Å². The van der Waals surface area contributed by atoms with Gasteiger partial charge in [0.25, 0.3) is 0 Å². The molecule has 0 saturated carbocycles. The number of hydrogen-bond acceptors (Lipinski definition) is 2. The highest BCUT2D eigenvalue weighted by atomic mass is 79.9. The SMILES string of the molecule is C=C(Br)/C=C(/N)C(=C)O. The Hall–Kier alpha value is -0.700. The Labute approximate surface area is 62.5 Å². The zero-order chi connectivity index (χ0) is 7.44. The van der Waals surface area contributed by atoms with Crippen LogP contribution < -0.4 is 5.73 Å². The van der Waals surface area contributed by atoms with Crippen LogP contribution >= 0.6 is 15.9 Å². The zero-order valence-electron chi connectivity index (χ0n) is 4.89. The van der Waals surface area contributed by atoms with Crippen LogP contribution in [-0.2, 0) is 0 Å². The molecule has 0 atom stereocenters. The molecule has 0 spiro atoms. The molecule has 0 radical (unpaired) electrons. The first-order chi connectivity index (χ1) is 4.04. The van der Waals surface area contributed by atoms with Gasteiger partial charge in [0.1, 0.15) is 5.76 Å². The molecule has 0 heterocycles. The van der Waals surface area contributed by atoms with Crippen molar-refractivity contribution < 1.29 is 5.11 Å². The predicted octanol–water partition coefficient (Wildman–Crippen LogP) is 1.81. The second kappa shape index (κ2) is 3.35. The van der Waals surface area contributed by atoms with E-state index >= 15 is 0 Å². The number of nitrogens with two attached hydrogens (primary N) is 1. The normalized spacial score (nSPS) is 11.0. The summed E-state index contributed by atoms with van der Waals surface area (Å²) in [5, 5.41) is 8.62. The summed E-state index contributed by atoms with van der Waals surface area (Å²) in [5.74, 6) is -0.143. The van der Waals surface area contributed by atoms with Crippen LogP contribution in [0.25, 0.3) is 0 Å². The van der Waals surface area contributed by atoms with Gasteiger partial charge >= 0.3 is 0 Å². The molecule has 0 aliphatic rings. The van der Waals surface area contributed by atoms with Gasteiger partial charge < -0.3 is 10.8 Å². The summed E-state index contributed by atoms with van der Waals surface area (Å²) in [4.78, 5) is 0. The number of aliphatic hydroxyl groups is 1. The summed E-state index contributed by atoms with van der Waals surface area (Å²) in [6.07, 6.45) is 1.47. The molecule has 0 fully saturated rings. The second-order valence-corrected chi connectivity index (χ2v) is 2.51. The van der Waals surface area contributed by atoms with Crippen molar-refractivity contribution in [2.24, 2.45) is 5.73 Å². The van der Waals surface area contributed by atoms with Crippen molar-refractivity contribution in [3.05, 3.63) is 35.2 Å². The van der Waals surface area contributed by atoms with Gasteiger partial charge in [0, 0.05) is 4.48 Å². The number of rotatable bonds is 2. The first-order valence-electron chi connectivity index (χ1n) is 2.24. The van der Waals surface area contributed by atoms with Gasteiger partial charge in [-0.25, -0.2) is 0 Å². The predicted molar refractivity (Wildman–Crippen MR) is 42.1 cm³/mol. The fourth-order valence-electron chi connectivity index (χ4n) is 0.252. The Balaban J connectivity index is 4.17. The van der Waals surface area contributed by atoms with E-state index in [0.717, 1.165) is 0 Å². The molecule has 0 aromatic carbocycles. The number of hydrogen-bond donors (Lipinski definition) is 2. The quantitative estimate of drug-likeness (QED) is 0.515. The topological polar surface area (TPSA) is 46.2 Å². The first kappa shape index (κ1) is 8.30. The highest BCUT2D eigenvalue weighted by Crippen LogP contribution is 2.06. The van der Waals surface area contributed by atoms with E-state index in [4.69, 9.17) is 10.8 Å². The third kappa shape index (κ3) is 3.85. The van der Waals surface area contributed by atoms with Crippen molar-refractivity contribution in [2.45, 2.75) is 0 Å². The van der Waals surface area contributed by atoms with Crippen molar-refractivity contribution in [3.63, 3.8) is 0 Å². The van der Waals surface area contributed by atoms with E-state index in [1.165, 1.54) is 6.08 Å². The molecule has 50 valence electrons. The molecule has 9 heavy (non-hydrogen) atoms. The molecule has 0 aliphatic heterocycles. The highest BCUT2D eigenvalue weighted by molar-refractivity contribution is 9.11. The molecule has 0 unspecified atom stereocenters. The lowest BCUT2D eigenvalue weighted by molar-refractivity contribution is 0.425. The van der Waals surface area contributed by atoms with Crippen molar-refractivity contribution in [2.75, 3.05) is 0 Å². The van der Waals surface area contributed by atoms with Gasteiger partial charge in [-0.05, 0) is 6.08 Å². The average molecular weight is 190 g/mol. The molecule has 0 bridgehead atoms. The monoisotopic (exact) mass is 189 g/mol. The Morgan fingerprint density at radius 2 is 2.00 bits per heavy atom. The molecule has 3 heteroatoms. The molecule has 2 nitrogen and oxygen atoms in total. The minimum atomic E-state index is -0.143. The fourth-order valence-corrected chi connectivity index (χ4v) is 0.499. The largest absolute Gasteiger partial charge is 0.506 e. The van der Waals surface area contributed by atoms with Gasteiger partial charge in [-0.2, -0.15) is 0 Å². The van der Waals surface area contributed by atoms with Crippen LogP contribution in [0.15, 0.2) is 35.2 Å². The molecule has 0 rings (SSSR count). The number of allylic oxidation sites excluding steroid dienone is 2. The van der Waals surface area contributed by atoms with E-state index in [1.54, 1.807) is 0 Å². The van der Waals surface area contributed by atoms with E-state index in [0.29, 0.717) is 4.48 Å². The van der Waals surface area contributed by atoms with E-state index in [1.807, 2.05) is 0 Å².